The third-order valence-electron chi connectivity index (χ3n) is 1.20. The van der Waals surface area contributed by atoms with Crippen LogP contribution in [-0.4, -0.2) is 13.2 Å². The highest BCUT2D eigenvalue weighted by atomic mass is 19.4. The zero-order valence-corrected chi connectivity index (χ0v) is 6.70. The number of alkyl halides is 3. The summed E-state index contributed by atoms with van der Waals surface area (Å²) in [5, 5.41) is 2.48. The van der Waals surface area contributed by atoms with Gasteiger partial charge in [0, 0.05) is 12.7 Å². The second-order valence-electron chi connectivity index (χ2n) is 2.08. The van der Waals surface area contributed by atoms with Crippen molar-refractivity contribution in [1.29, 1.82) is 0 Å². The Labute approximate surface area is 69.3 Å². The molecular formula is C8H10F3N. The molecule has 12 heavy (non-hydrogen) atoms. The second kappa shape index (κ2) is 3.99. The third kappa shape index (κ3) is 3.27. The molecule has 0 spiro atoms. The van der Waals surface area contributed by atoms with Crippen LogP contribution in [0.3, 0.4) is 0 Å². The Morgan fingerprint density at radius 3 is 2.17 bits per heavy atom. The van der Waals surface area contributed by atoms with Crippen LogP contribution in [-0.2, 0) is 0 Å². The molecule has 4 heteroatoms. The van der Waals surface area contributed by atoms with E-state index in [0.29, 0.717) is 0 Å². The zero-order chi connectivity index (χ0) is 9.78. The van der Waals surface area contributed by atoms with E-state index in [1.807, 2.05) is 0 Å². The maximum absolute atomic E-state index is 12.0. The van der Waals surface area contributed by atoms with E-state index < -0.39 is 11.7 Å². The number of hydrogen-bond donors (Lipinski definition) is 1. The topological polar surface area (TPSA) is 12.0 Å². The van der Waals surface area contributed by atoms with Crippen molar-refractivity contribution in [3.05, 3.63) is 36.6 Å². The predicted molar refractivity (Wildman–Crippen MR) is 42.5 cm³/mol. The number of halogens is 3. The van der Waals surface area contributed by atoms with Gasteiger partial charge in [-0.1, -0.05) is 19.2 Å². The summed E-state index contributed by atoms with van der Waals surface area (Å²) in [6.45, 7) is 6.40. The first-order valence-corrected chi connectivity index (χ1v) is 3.19. The van der Waals surface area contributed by atoms with Crippen molar-refractivity contribution in [2.45, 2.75) is 6.18 Å². The Bertz CT molecular complexity index is 213. The molecular weight excluding hydrogens is 167 g/mol. The lowest BCUT2D eigenvalue weighted by Gasteiger charge is -2.07. The van der Waals surface area contributed by atoms with E-state index >= 15 is 0 Å². The van der Waals surface area contributed by atoms with Crippen LogP contribution in [0.5, 0.6) is 0 Å². The van der Waals surface area contributed by atoms with E-state index in [9.17, 15) is 13.2 Å². The van der Waals surface area contributed by atoms with Crippen molar-refractivity contribution >= 4 is 0 Å². The summed E-state index contributed by atoms with van der Waals surface area (Å²) in [5.74, 6) is 0. The molecule has 0 aliphatic carbocycles. The first-order valence-electron chi connectivity index (χ1n) is 3.19. The van der Waals surface area contributed by atoms with E-state index in [1.54, 1.807) is 0 Å². The van der Waals surface area contributed by atoms with Gasteiger partial charge in [0.1, 0.15) is 0 Å². The molecule has 0 unspecified atom stereocenters. The average Bonchev–Trinajstić information content (AvgIpc) is 1.97. The molecule has 0 radical (unpaired) electrons. The summed E-state index contributed by atoms with van der Waals surface area (Å²) in [4.78, 5) is 0. The van der Waals surface area contributed by atoms with Crippen LogP contribution in [0.1, 0.15) is 0 Å². The van der Waals surface area contributed by atoms with E-state index in [2.05, 4.69) is 18.5 Å². The molecule has 68 valence electrons. The van der Waals surface area contributed by atoms with Gasteiger partial charge in [0.15, 0.2) is 0 Å². The first-order chi connectivity index (χ1) is 5.41. The molecule has 0 heterocycles. The Hall–Kier alpha value is -1.19. The Morgan fingerprint density at radius 1 is 1.42 bits per heavy atom. The normalized spacial score (nSPS) is 12.5. The van der Waals surface area contributed by atoms with E-state index in [-0.39, 0.29) is 5.70 Å². The highest BCUT2D eigenvalue weighted by Gasteiger charge is 2.31. The molecule has 0 aromatic heterocycles. The molecule has 0 saturated heterocycles. The van der Waals surface area contributed by atoms with Crippen molar-refractivity contribution in [2.75, 3.05) is 7.05 Å². The highest BCUT2D eigenvalue weighted by Crippen LogP contribution is 2.26. The molecule has 0 bridgehead atoms. The standard InChI is InChI=1S/C8H10F3N/c1-4-7(8(9,10)11)5-6(2)12-3/h4-5,12H,1-2H2,3H3/b7-5+. The lowest BCUT2D eigenvalue weighted by atomic mass is 10.2. The molecule has 0 saturated carbocycles. The largest absolute Gasteiger partial charge is 0.416 e. The van der Waals surface area contributed by atoms with Gasteiger partial charge >= 0.3 is 6.18 Å². The summed E-state index contributed by atoms with van der Waals surface area (Å²) in [6, 6.07) is 0. The zero-order valence-electron chi connectivity index (χ0n) is 6.70. The minimum atomic E-state index is -4.36. The van der Waals surface area contributed by atoms with Crippen molar-refractivity contribution in [3.63, 3.8) is 0 Å². The summed E-state index contributed by atoms with van der Waals surface area (Å²) in [5.41, 5.74) is -0.607. The molecule has 0 aromatic carbocycles. The molecule has 1 N–H and O–H groups in total. The first kappa shape index (κ1) is 10.8. The van der Waals surface area contributed by atoms with Gasteiger partial charge in [-0.25, -0.2) is 0 Å². The van der Waals surface area contributed by atoms with Gasteiger partial charge in [-0.05, 0) is 6.08 Å². The highest BCUT2D eigenvalue weighted by molar-refractivity contribution is 5.29. The smallest absolute Gasteiger partial charge is 0.389 e. The van der Waals surface area contributed by atoms with Gasteiger partial charge in [0.2, 0.25) is 0 Å². The van der Waals surface area contributed by atoms with Crippen molar-refractivity contribution < 1.29 is 13.2 Å². The number of rotatable bonds is 3. The third-order valence-corrected chi connectivity index (χ3v) is 1.20. The van der Waals surface area contributed by atoms with Crippen LogP contribution in [0.25, 0.3) is 0 Å². The molecule has 0 aromatic rings. The van der Waals surface area contributed by atoms with Crippen LogP contribution in [0.4, 0.5) is 13.2 Å². The van der Waals surface area contributed by atoms with Crippen LogP contribution in [0.2, 0.25) is 0 Å². The summed E-state index contributed by atoms with van der Waals surface area (Å²) >= 11 is 0. The molecule has 1 nitrogen and oxygen atoms in total. The Balaban J connectivity index is 4.67. The van der Waals surface area contributed by atoms with Gasteiger partial charge in [-0.2, -0.15) is 13.2 Å². The van der Waals surface area contributed by atoms with Crippen molar-refractivity contribution in [2.24, 2.45) is 0 Å². The SMILES string of the molecule is C=C/C(=C\C(=C)NC)C(F)(F)F. The van der Waals surface area contributed by atoms with E-state index in [1.165, 1.54) is 7.05 Å². The molecule has 0 aliphatic rings. The molecule has 0 amide bonds. The van der Waals surface area contributed by atoms with Gasteiger partial charge in [-0.15, -0.1) is 0 Å². The lowest BCUT2D eigenvalue weighted by molar-refractivity contribution is -0.0882. The number of nitrogens with one attached hydrogen (secondary N) is 1. The maximum Gasteiger partial charge on any atom is 0.416 e. The summed E-state index contributed by atoms with van der Waals surface area (Å²) in [7, 11) is 1.50. The van der Waals surface area contributed by atoms with E-state index in [4.69, 9.17) is 0 Å². The monoisotopic (exact) mass is 177 g/mol. The molecule has 0 rings (SSSR count). The van der Waals surface area contributed by atoms with E-state index in [0.717, 1.165) is 12.2 Å². The van der Waals surface area contributed by atoms with Gasteiger partial charge < -0.3 is 5.32 Å². The van der Waals surface area contributed by atoms with Crippen LogP contribution >= 0.6 is 0 Å². The number of hydrogen-bond acceptors (Lipinski definition) is 1. The minimum Gasteiger partial charge on any atom is -0.389 e. The lowest BCUT2D eigenvalue weighted by Crippen LogP contribution is -2.12. The summed E-state index contributed by atoms with van der Waals surface area (Å²) < 4.78 is 36.0. The molecule has 0 atom stereocenters. The maximum atomic E-state index is 12.0. The second-order valence-corrected chi connectivity index (χ2v) is 2.08. The fraction of sp³-hybridized carbons (Fsp3) is 0.250. The Kier molecular flexibility index (Phi) is 3.60. The Morgan fingerprint density at radius 2 is 1.92 bits per heavy atom. The number of likely N-dealkylation sites (N-methyl/N-ethyl adjacent to an activating group) is 1. The number of allylic oxidation sites excluding steroid dienone is 3. The average molecular weight is 177 g/mol. The molecule has 0 fully saturated rings. The molecule has 0 aliphatic heterocycles. The van der Waals surface area contributed by atoms with Gasteiger partial charge in [0.25, 0.3) is 0 Å². The van der Waals surface area contributed by atoms with Crippen LogP contribution in [0, 0.1) is 0 Å². The fourth-order valence-corrected chi connectivity index (χ4v) is 0.516. The summed E-state index contributed by atoms with van der Waals surface area (Å²) in [6.07, 6.45) is -2.71. The minimum absolute atomic E-state index is 0.197. The fourth-order valence-electron chi connectivity index (χ4n) is 0.516. The van der Waals surface area contributed by atoms with Gasteiger partial charge in [-0.3, -0.25) is 0 Å². The van der Waals surface area contributed by atoms with Crippen molar-refractivity contribution in [1.82, 2.24) is 5.32 Å². The van der Waals surface area contributed by atoms with Crippen LogP contribution in [0.15, 0.2) is 36.6 Å². The van der Waals surface area contributed by atoms with Crippen LogP contribution < -0.4 is 5.32 Å². The quantitative estimate of drug-likeness (QED) is 0.652. The predicted octanol–water partition coefficient (Wildman–Crippen LogP) is 2.39. The van der Waals surface area contributed by atoms with Gasteiger partial charge in [0.05, 0.1) is 5.57 Å². The van der Waals surface area contributed by atoms with Crippen molar-refractivity contribution in [3.8, 4) is 0 Å².